The van der Waals surface area contributed by atoms with Gasteiger partial charge in [0.2, 0.25) is 6.41 Å². The molecule has 184 valence electrons. The van der Waals surface area contributed by atoms with Crippen LogP contribution in [0.15, 0.2) is 73.1 Å². The number of rotatable bonds is 9. The van der Waals surface area contributed by atoms with E-state index in [0.29, 0.717) is 30.5 Å². The zero-order valence-electron chi connectivity index (χ0n) is 19.9. The number of anilines is 1. The molecule has 4 aromatic rings. The predicted molar refractivity (Wildman–Crippen MR) is 139 cm³/mol. The number of nitrogens with one attached hydrogen (secondary N) is 1. The number of hydrogen-bond acceptors (Lipinski definition) is 5. The molecule has 7 nitrogen and oxygen atoms in total. The maximum absolute atomic E-state index is 10.4. The van der Waals surface area contributed by atoms with Crippen molar-refractivity contribution in [2.75, 3.05) is 5.32 Å². The third-order valence-electron chi connectivity index (χ3n) is 6.16. The van der Waals surface area contributed by atoms with E-state index in [1.165, 1.54) is 48.7 Å². The van der Waals surface area contributed by atoms with Gasteiger partial charge in [-0.05, 0) is 66.5 Å². The molecule has 0 radical (unpaired) electrons. The van der Waals surface area contributed by atoms with Crippen molar-refractivity contribution in [3.05, 3.63) is 100 Å². The predicted octanol–water partition coefficient (Wildman–Crippen LogP) is 5.96. The van der Waals surface area contributed by atoms with Crippen molar-refractivity contribution in [1.29, 1.82) is 0 Å². The molecular weight excluding hydrogens is 474 g/mol. The summed E-state index contributed by atoms with van der Waals surface area (Å²) in [6, 6.07) is 20.2. The summed E-state index contributed by atoms with van der Waals surface area (Å²) in [6.45, 7) is 1.18. The molecule has 0 spiro atoms. The first-order chi connectivity index (χ1) is 17.7. The number of carbonyl (C=O) groups excluding carboxylic acids is 1. The Hall–Kier alpha value is -3.71. The van der Waals surface area contributed by atoms with Gasteiger partial charge in [0.1, 0.15) is 12.4 Å². The number of carbonyl (C=O) groups is 1. The standard InChI is InChI=1S/C19H19N5O2.C9H9Cl/c25-13-20-19-9-17(10-21-22-19)26-12-15-3-1-14(2-4-15)11-24-8-7-18(23-24)16-5-6-16;10-9-3-1-2-8(6-9)7-4-5-7/h1-4,7-10,13,16H,5-6,11-12H2,(H,20,22,25);1-3,6-7H,4-5H2. The fourth-order valence-electron chi connectivity index (χ4n) is 3.89. The van der Waals surface area contributed by atoms with Gasteiger partial charge in [-0.1, -0.05) is 48.0 Å². The first-order valence-corrected chi connectivity index (χ1v) is 12.6. The highest BCUT2D eigenvalue weighted by molar-refractivity contribution is 6.30. The number of aromatic nitrogens is 4. The second-order valence-electron chi connectivity index (χ2n) is 9.19. The van der Waals surface area contributed by atoms with Crippen molar-refractivity contribution < 1.29 is 9.53 Å². The Morgan fingerprint density at radius 2 is 1.78 bits per heavy atom. The lowest BCUT2D eigenvalue weighted by molar-refractivity contribution is -0.105. The molecule has 1 N–H and O–H groups in total. The maximum Gasteiger partial charge on any atom is 0.212 e. The van der Waals surface area contributed by atoms with E-state index in [-0.39, 0.29) is 0 Å². The summed E-state index contributed by atoms with van der Waals surface area (Å²) < 4.78 is 7.69. The molecular formula is C28H28ClN5O2. The molecule has 36 heavy (non-hydrogen) atoms. The van der Waals surface area contributed by atoms with E-state index in [0.717, 1.165) is 23.0 Å². The number of benzene rings is 2. The molecule has 2 heterocycles. The lowest BCUT2D eigenvalue weighted by atomic mass is 10.1. The van der Waals surface area contributed by atoms with Gasteiger partial charge >= 0.3 is 0 Å². The molecule has 2 aromatic heterocycles. The first-order valence-electron chi connectivity index (χ1n) is 12.2. The van der Waals surface area contributed by atoms with Crippen molar-refractivity contribution in [1.82, 2.24) is 20.0 Å². The van der Waals surface area contributed by atoms with Crippen molar-refractivity contribution in [2.24, 2.45) is 0 Å². The summed E-state index contributed by atoms with van der Waals surface area (Å²) in [5.74, 6) is 2.41. The quantitative estimate of drug-likeness (QED) is 0.286. The van der Waals surface area contributed by atoms with Crippen molar-refractivity contribution in [3.63, 3.8) is 0 Å². The largest absolute Gasteiger partial charge is 0.487 e. The third kappa shape index (κ3) is 6.92. The summed E-state index contributed by atoms with van der Waals surface area (Å²) in [4.78, 5) is 10.4. The van der Waals surface area contributed by atoms with Crippen molar-refractivity contribution in [2.45, 2.75) is 50.7 Å². The number of halogens is 1. The van der Waals surface area contributed by atoms with Gasteiger partial charge in [-0.25, -0.2) is 0 Å². The fraction of sp³-hybridized carbons (Fsp3) is 0.286. The first kappa shape index (κ1) is 24.0. The van der Waals surface area contributed by atoms with Gasteiger partial charge in [0.15, 0.2) is 5.82 Å². The lowest BCUT2D eigenvalue weighted by Gasteiger charge is -2.08. The number of hydrogen-bond donors (Lipinski definition) is 1. The Morgan fingerprint density at radius 3 is 2.50 bits per heavy atom. The Bertz CT molecular complexity index is 1300. The topological polar surface area (TPSA) is 81.9 Å². The van der Waals surface area contributed by atoms with Crippen LogP contribution in [0.2, 0.25) is 5.02 Å². The van der Waals surface area contributed by atoms with Crippen LogP contribution in [0.25, 0.3) is 0 Å². The van der Waals surface area contributed by atoms with E-state index < -0.39 is 0 Å². The van der Waals surface area contributed by atoms with Crippen LogP contribution in [0, 0.1) is 0 Å². The molecule has 2 fully saturated rings. The molecule has 2 aliphatic rings. The minimum Gasteiger partial charge on any atom is -0.487 e. The van der Waals surface area contributed by atoms with Gasteiger partial charge in [0, 0.05) is 23.2 Å². The SMILES string of the molecule is Clc1cccc(C2CC2)c1.O=CNc1cc(OCc2ccc(Cn3ccc(C4CC4)n3)cc2)cnn1. The van der Waals surface area contributed by atoms with Gasteiger partial charge < -0.3 is 10.1 Å². The van der Waals surface area contributed by atoms with Gasteiger partial charge in [0.25, 0.3) is 0 Å². The second kappa shape index (κ2) is 11.4. The number of nitrogens with zero attached hydrogens (tertiary/aromatic N) is 4. The molecule has 2 aliphatic carbocycles. The normalized spacial score (nSPS) is 14.5. The molecule has 0 atom stereocenters. The number of amides is 1. The summed E-state index contributed by atoms with van der Waals surface area (Å²) >= 11 is 5.82. The highest BCUT2D eigenvalue weighted by Gasteiger charge is 2.25. The van der Waals surface area contributed by atoms with Gasteiger partial charge in [-0.3, -0.25) is 9.48 Å². The smallest absolute Gasteiger partial charge is 0.212 e. The van der Waals surface area contributed by atoms with E-state index >= 15 is 0 Å². The average Bonchev–Trinajstić information content (AvgIpc) is 3.83. The van der Waals surface area contributed by atoms with Crippen LogP contribution >= 0.6 is 11.6 Å². The average molecular weight is 502 g/mol. The maximum atomic E-state index is 10.4. The zero-order chi connectivity index (χ0) is 24.7. The van der Waals surface area contributed by atoms with Crippen LogP contribution in [-0.2, 0) is 17.9 Å². The third-order valence-corrected chi connectivity index (χ3v) is 6.40. The highest BCUT2D eigenvalue weighted by atomic mass is 35.5. The van der Waals surface area contributed by atoms with Crippen LogP contribution in [0.3, 0.4) is 0 Å². The molecule has 2 aromatic carbocycles. The van der Waals surface area contributed by atoms with Gasteiger partial charge in [-0.2, -0.15) is 10.2 Å². The molecule has 0 unspecified atom stereocenters. The summed E-state index contributed by atoms with van der Waals surface area (Å²) in [5, 5.41) is 15.5. The Morgan fingerprint density at radius 1 is 1.00 bits per heavy atom. The Balaban J connectivity index is 0.000000222. The summed E-state index contributed by atoms with van der Waals surface area (Å²) in [6.07, 6.45) is 9.35. The molecule has 0 aliphatic heterocycles. The highest BCUT2D eigenvalue weighted by Crippen LogP contribution is 2.40. The fourth-order valence-corrected chi connectivity index (χ4v) is 4.09. The van der Waals surface area contributed by atoms with E-state index in [1.807, 2.05) is 35.1 Å². The molecule has 0 saturated heterocycles. The van der Waals surface area contributed by atoms with Crippen molar-refractivity contribution in [3.8, 4) is 5.75 Å². The second-order valence-corrected chi connectivity index (χ2v) is 9.62. The van der Waals surface area contributed by atoms with E-state index in [4.69, 9.17) is 16.3 Å². The zero-order valence-corrected chi connectivity index (χ0v) is 20.6. The van der Waals surface area contributed by atoms with E-state index in [9.17, 15) is 4.79 Å². The van der Waals surface area contributed by atoms with Gasteiger partial charge in [0.05, 0.1) is 18.4 Å². The molecule has 2 saturated carbocycles. The van der Waals surface area contributed by atoms with Crippen LogP contribution in [0.5, 0.6) is 5.75 Å². The Kier molecular flexibility index (Phi) is 7.57. The molecule has 0 bridgehead atoms. The number of ether oxygens (including phenoxy) is 1. The Labute approximate surface area is 215 Å². The monoisotopic (exact) mass is 501 g/mol. The summed E-state index contributed by atoms with van der Waals surface area (Å²) in [5.41, 5.74) is 4.87. The van der Waals surface area contributed by atoms with Crippen LogP contribution in [0.4, 0.5) is 5.82 Å². The van der Waals surface area contributed by atoms with Crippen LogP contribution < -0.4 is 10.1 Å². The van der Waals surface area contributed by atoms with Crippen LogP contribution in [-0.4, -0.2) is 26.4 Å². The van der Waals surface area contributed by atoms with E-state index in [1.54, 1.807) is 6.07 Å². The molecule has 8 heteroatoms. The van der Waals surface area contributed by atoms with Crippen molar-refractivity contribution >= 4 is 23.8 Å². The molecule has 1 amide bonds. The minimum atomic E-state index is 0.359. The van der Waals surface area contributed by atoms with Crippen LogP contribution in [0.1, 0.15) is 59.9 Å². The lowest BCUT2D eigenvalue weighted by Crippen LogP contribution is -2.02. The van der Waals surface area contributed by atoms with E-state index in [2.05, 4.69) is 50.9 Å². The minimum absolute atomic E-state index is 0.359. The summed E-state index contributed by atoms with van der Waals surface area (Å²) in [7, 11) is 0. The molecule has 6 rings (SSSR count). The van der Waals surface area contributed by atoms with Gasteiger partial charge in [-0.15, -0.1) is 5.10 Å².